The van der Waals surface area contributed by atoms with E-state index in [4.69, 9.17) is 11.6 Å². The van der Waals surface area contributed by atoms with Crippen LogP contribution >= 0.6 is 11.6 Å². The van der Waals surface area contributed by atoms with Crippen LogP contribution < -0.4 is 0 Å². The van der Waals surface area contributed by atoms with Crippen LogP contribution in [-0.2, 0) is 10.2 Å². The number of piperidine rings is 1. The summed E-state index contributed by atoms with van der Waals surface area (Å²) in [6.45, 7) is 1.20. The Morgan fingerprint density at radius 1 is 1.28 bits per heavy atom. The molecule has 0 spiro atoms. The van der Waals surface area contributed by atoms with Crippen molar-refractivity contribution in [1.29, 1.82) is 0 Å². The zero-order valence-corrected chi connectivity index (χ0v) is 12.6. The van der Waals surface area contributed by atoms with E-state index in [2.05, 4.69) is 0 Å². The van der Waals surface area contributed by atoms with Gasteiger partial charge in [-0.05, 0) is 38.0 Å². The van der Waals surface area contributed by atoms with Crippen molar-refractivity contribution in [3.05, 3.63) is 0 Å². The van der Waals surface area contributed by atoms with E-state index in [0.29, 0.717) is 31.3 Å². The van der Waals surface area contributed by atoms with E-state index in [-0.39, 0.29) is 6.04 Å². The summed E-state index contributed by atoms with van der Waals surface area (Å²) >= 11 is 5.64. The van der Waals surface area contributed by atoms with Gasteiger partial charge >= 0.3 is 0 Å². The molecule has 1 heterocycles. The van der Waals surface area contributed by atoms with E-state index in [1.165, 1.54) is 23.6 Å². The molecule has 0 amide bonds. The molecule has 1 aliphatic carbocycles. The van der Waals surface area contributed by atoms with Crippen LogP contribution in [0.2, 0.25) is 0 Å². The summed E-state index contributed by atoms with van der Waals surface area (Å²) in [6.07, 6.45) is 6.31. The minimum atomic E-state index is -3.28. The van der Waals surface area contributed by atoms with Gasteiger partial charge in [-0.1, -0.05) is 6.42 Å². The molecule has 1 saturated heterocycles. The molecule has 1 saturated carbocycles. The Morgan fingerprint density at radius 3 is 2.72 bits per heavy atom. The molecule has 2 aliphatic rings. The van der Waals surface area contributed by atoms with Crippen LogP contribution in [0.1, 0.15) is 38.5 Å². The molecule has 6 heteroatoms. The third-order valence-corrected chi connectivity index (χ3v) is 6.52. The topological polar surface area (TPSA) is 40.6 Å². The van der Waals surface area contributed by atoms with Gasteiger partial charge in [-0.25, -0.2) is 0 Å². The minimum Gasteiger partial charge on any atom is -0.195 e. The Balaban J connectivity index is 2.08. The molecule has 0 bridgehead atoms. The molecular formula is C12H23ClN2O2S. The Kier molecular flexibility index (Phi) is 4.92. The van der Waals surface area contributed by atoms with Gasteiger partial charge in [0.2, 0.25) is 0 Å². The van der Waals surface area contributed by atoms with E-state index in [1.807, 2.05) is 0 Å². The van der Waals surface area contributed by atoms with Crippen LogP contribution in [0, 0.1) is 5.92 Å². The van der Waals surface area contributed by atoms with Gasteiger partial charge in [0.25, 0.3) is 10.2 Å². The zero-order valence-electron chi connectivity index (χ0n) is 11.0. The molecule has 0 radical (unpaired) electrons. The average Bonchev–Trinajstić information content (AvgIpc) is 2.83. The molecule has 0 aromatic heterocycles. The Labute approximate surface area is 115 Å². The second-order valence-electron chi connectivity index (χ2n) is 5.38. The number of rotatable bonds is 5. The van der Waals surface area contributed by atoms with Gasteiger partial charge in [-0.15, -0.1) is 11.6 Å². The molecule has 2 unspecified atom stereocenters. The molecule has 0 N–H and O–H groups in total. The maximum absolute atomic E-state index is 12.5. The first-order valence-corrected chi connectivity index (χ1v) is 8.79. The molecular weight excluding hydrogens is 272 g/mol. The summed E-state index contributed by atoms with van der Waals surface area (Å²) in [4.78, 5) is 0. The second kappa shape index (κ2) is 6.07. The number of hydrogen-bond donors (Lipinski definition) is 0. The number of alkyl halides is 1. The van der Waals surface area contributed by atoms with Crippen LogP contribution in [-0.4, -0.2) is 49.1 Å². The summed E-state index contributed by atoms with van der Waals surface area (Å²) in [7, 11) is -1.61. The van der Waals surface area contributed by atoms with Gasteiger partial charge in [-0.3, -0.25) is 0 Å². The molecule has 4 nitrogen and oxygen atoms in total. The molecule has 0 aromatic carbocycles. The highest BCUT2D eigenvalue weighted by molar-refractivity contribution is 7.86. The monoisotopic (exact) mass is 294 g/mol. The Bertz CT molecular complexity index is 374. The zero-order chi connectivity index (χ0) is 13.2. The van der Waals surface area contributed by atoms with Crippen LogP contribution in [0.15, 0.2) is 0 Å². The summed E-state index contributed by atoms with van der Waals surface area (Å²) in [5.74, 6) is 1.10. The lowest BCUT2D eigenvalue weighted by Crippen LogP contribution is -2.51. The standard InChI is InChI=1S/C12H23ClN2O2S/c1-14(9-4-8-13)18(16,17)15-10-3-6-11-5-2-7-12(11)15/h11-12H,2-10H2,1H3. The van der Waals surface area contributed by atoms with Crippen molar-refractivity contribution in [3.8, 4) is 0 Å². The van der Waals surface area contributed by atoms with E-state index in [1.54, 1.807) is 11.4 Å². The third-order valence-electron chi connectivity index (χ3n) is 4.24. The molecule has 106 valence electrons. The van der Waals surface area contributed by atoms with Gasteiger partial charge in [-0.2, -0.15) is 17.0 Å². The van der Waals surface area contributed by atoms with Crippen molar-refractivity contribution < 1.29 is 8.42 Å². The minimum absolute atomic E-state index is 0.252. The number of halogens is 1. The Hall–Kier alpha value is 0.160. The van der Waals surface area contributed by atoms with Gasteiger partial charge in [0.05, 0.1) is 0 Å². The van der Waals surface area contributed by atoms with Gasteiger partial charge in [0.15, 0.2) is 0 Å². The first-order chi connectivity index (χ1) is 8.57. The molecule has 2 atom stereocenters. The summed E-state index contributed by atoms with van der Waals surface area (Å²) < 4.78 is 28.3. The van der Waals surface area contributed by atoms with Crippen molar-refractivity contribution in [3.63, 3.8) is 0 Å². The van der Waals surface area contributed by atoms with E-state index < -0.39 is 10.2 Å². The fourth-order valence-electron chi connectivity index (χ4n) is 3.27. The van der Waals surface area contributed by atoms with Crippen molar-refractivity contribution in [2.75, 3.05) is 26.0 Å². The largest absolute Gasteiger partial charge is 0.281 e. The van der Waals surface area contributed by atoms with E-state index in [9.17, 15) is 8.42 Å². The lowest BCUT2D eigenvalue weighted by atomic mass is 9.94. The maximum atomic E-state index is 12.5. The van der Waals surface area contributed by atoms with Crippen LogP contribution in [0.4, 0.5) is 0 Å². The summed E-state index contributed by atoms with van der Waals surface area (Å²) in [6, 6.07) is 0.252. The quantitative estimate of drug-likeness (QED) is 0.728. The third kappa shape index (κ3) is 2.84. The maximum Gasteiger partial charge on any atom is 0.281 e. The molecule has 1 aliphatic heterocycles. The fourth-order valence-corrected chi connectivity index (χ4v) is 5.09. The lowest BCUT2D eigenvalue weighted by molar-refractivity contribution is 0.191. The normalized spacial score (nSPS) is 29.7. The van der Waals surface area contributed by atoms with Crippen molar-refractivity contribution in [2.24, 2.45) is 5.92 Å². The van der Waals surface area contributed by atoms with Gasteiger partial charge in [0, 0.05) is 32.1 Å². The number of fused-ring (bicyclic) bond motifs is 1. The fraction of sp³-hybridized carbons (Fsp3) is 1.00. The van der Waals surface area contributed by atoms with E-state index >= 15 is 0 Å². The SMILES string of the molecule is CN(CCCCl)S(=O)(=O)N1CCCC2CCCC21. The van der Waals surface area contributed by atoms with Gasteiger partial charge in [0.1, 0.15) is 0 Å². The molecule has 0 aromatic rings. The summed E-state index contributed by atoms with van der Waals surface area (Å²) in [5, 5.41) is 0. The van der Waals surface area contributed by atoms with Crippen molar-refractivity contribution >= 4 is 21.8 Å². The average molecular weight is 295 g/mol. The molecule has 2 rings (SSSR count). The van der Waals surface area contributed by atoms with Crippen LogP contribution in [0.3, 0.4) is 0 Å². The highest BCUT2D eigenvalue weighted by Gasteiger charge is 2.41. The Morgan fingerprint density at radius 2 is 2.00 bits per heavy atom. The van der Waals surface area contributed by atoms with Crippen molar-refractivity contribution in [1.82, 2.24) is 8.61 Å². The molecule has 18 heavy (non-hydrogen) atoms. The van der Waals surface area contributed by atoms with Crippen LogP contribution in [0.5, 0.6) is 0 Å². The second-order valence-corrected chi connectivity index (χ2v) is 7.75. The van der Waals surface area contributed by atoms with Gasteiger partial charge < -0.3 is 0 Å². The highest BCUT2D eigenvalue weighted by atomic mass is 35.5. The first kappa shape index (κ1) is 14.6. The van der Waals surface area contributed by atoms with Crippen molar-refractivity contribution in [2.45, 2.75) is 44.6 Å². The predicted octanol–water partition coefficient (Wildman–Crippen LogP) is 2.06. The highest BCUT2D eigenvalue weighted by Crippen LogP contribution is 2.38. The number of nitrogens with zero attached hydrogens (tertiary/aromatic N) is 2. The van der Waals surface area contributed by atoms with E-state index in [0.717, 1.165) is 12.8 Å². The summed E-state index contributed by atoms with van der Waals surface area (Å²) in [5.41, 5.74) is 0. The lowest BCUT2D eigenvalue weighted by Gasteiger charge is -2.38. The predicted molar refractivity (Wildman–Crippen MR) is 74.0 cm³/mol. The first-order valence-electron chi connectivity index (χ1n) is 6.86. The molecule has 2 fully saturated rings. The van der Waals surface area contributed by atoms with Crippen LogP contribution in [0.25, 0.3) is 0 Å². The smallest absolute Gasteiger partial charge is 0.195 e. The number of hydrogen-bond acceptors (Lipinski definition) is 2.